The van der Waals surface area contributed by atoms with E-state index in [9.17, 15) is 4.39 Å². The Labute approximate surface area is 96.2 Å². The van der Waals surface area contributed by atoms with Crippen molar-refractivity contribution in [2.75, 3.05) is 17.2 Å². The van der Waals surface area contributed by atoms with Crippen LogP contribution in [0.1, 0.15) is 32.6 Å². The van der Waals surface area contributed by atoms with Crippen LogP contribution in [0.5, 0.6) is 0 Å². The van der Waals surface area contributed by atoms with E-state index in [1.807, 2.05) is 0 Å². The first-order valence-corrected chi connectivity index (χ1v) is 6.04. The van der Waals surface area contributed by atoms with E-state index in [-0.39, 0.29) is 5.82 Å². The molecule has 0 aromatic heterocycles. The van der Waals surface area contributed by atoms with Gasteiger partial charge >= 0.3 is 0 Å². The van der Waals surface area contributed by atoms with E-state index in [2.05, 4.69) is 11.8 Å². The molecule has 0 radical (unpaired) electrons. The highest BCUT2D eigenvalue weighted by atomic mass is 19.1. The summed E-state index contributed by atoms with van der Waals surface area (Å²) in [6, 6.07) is 5.54. The van der Waals surface area contributed by atoms with Gasteiger partial charge in [0.1, 0.15) is 5.82 Å². The van der Waals surface area contributed by atoms with Gasteiger partial charge in [-0.05, 0) is 37.5 Å². The van der Waals surface area contributed by atoms with Crippen LogP contribution in [-0.4, -0.2) is 12.6 Å². The van der Waals surface area contributed by atoms with Crippen molar-refractivity contribution in [1.29, 1.82) is 0 Å². The van der Waals surface area contributed by atoms with Crippen molar-refractivity contribution >= 4 is 11.4 Å². The summed E-state index contributed by atoms with van der Waals surface area (Å²) in [5, 5.41) is 0. The van der Waals surface area contributed by atoms with Crippen molar-refractivity contribution < 1.29 is 4.39 Å². The molecule has 0 amide bonds. The quantitative estimate of drug-likeness (QED) is 0.775. The molecule has 1 fully saturated rings. The maximum absolute atomic E-state index is 13.8. The Bertz CT molecular complexity index is 361. The van der Waals surface area contributed by atoms with E-state index in [0.717, 1.165) is 19.4 Å². The molecule has 0 bridgehead atoms. The second-order valence-corrected chi connectivity index (χ2v) is 4.49. The third-order valence-corrected chi connectivity index (χ3v) is 3.02. The third-order valence-electron chi connectivity index (χ3n) is 3.02. The van der Waals surface area contributed by atoms with Crippen LogP contribution in [0, 0.1) is 5.82 Å². The molecule has 2 N–H and O–H groups in total. The maximum Gasteiger partial charge on any atom is 0.148 e. The van der Waals surface area contributed by atoms with Gasteiger partial charge in [0.25, 0.3) is 0 Å². The molecule has 1 aromatic carbocycles. The number of nitrogen functional groups attached to an aromatic ring is 1. The highest BCUT2D eigenvalue weighted by molar-refractivity contribution is 5.55. The minimum absolute atomic E-state index is 0.192. The predicted octanol–water partition coefficient (Wildman–Crippen LogP) is 3.18. The molecule has 0 unspecified atom stereocenters. The predicted molar refractivity (Wildman–Crippen MR) is 66.1 cm³/mol. The lowest BCUT2D eigenvalue weighted by Crippen LogP contribution is -2.27. The SMILES string of the molecule is CCCCN(c1ccc(N)cc1F)C1CC1. The molecule has 16 heavy (non-hydrogen) atoms. The van der Waals surface area contributed by atoms with Gasteiger partial charge in [0.15, 0.2) is 0 Å². The number of benzene rings is 1. The van der Waals surface area contributed by atoms with Crippen molar-refractivity contribution in [3.05, 3.63) is 24.0 Å². The fraction of sp³-hybridized carbons (Fsp3) is 0.538. The van der Waals surface area contributed by atoms with E-state index in [1.54, 1.807) is 12.1 Å². The van der Waals surface area contributed by atoms with Crippen molar-refractivity contribution in [2.45, 2.75) is 38.6 Å². The Morgan fingerprint density at radius 1 is 1.44 bits per heavy atom. The molecule has 0 heterocycles. The molecule has 0 aliphatic heterocycles. The van der Waals surface area contributed by atoms with Crippen LogP contribution in [0.2, 0.25) is 0 Å². The van der Waals surface area contributed by atoms with E-state index >= 15 is 0 Å². The van der Waals surface area contributed by atoms with Gasteiger partial charge in [-0.2, -0.15) is 0 Å². The van der Waals surface area contributed by atoms with Gasteiger partial charge in [-0.15, -0.1) is 0 Å². The molecular formula is C13H19FN2. The van der Waals surface area contributed by atoms with Crippen LogP contribution in [0.15, 0.2) is 18.2 Å². The number of unbranched alkanes of at least 4 members (excludes halogenated alkanes) is 1. The molecule has 0 saturated heterocycles. The zero-order chi connectivity index (χ0) is 11.5. The lowest BCUT2D eigenvalue weighted by Gasteiger charge is -2.25. The average molecular weight is 222 g/mol. The molecular weight excluding hydrogens is 203 g/mol. The van der Waals surface area contributed by atoms with Crippen molar-refractivity contribution in [2.24, 2.45) is 0 Å². The second kappa shape index (κ2) is 4.73. The monoisotopic (exact) mass is 222 g/mol. The Morgan fingerprint density at radius 3 is 2.75 bits per heavy atom. The van der Waals surface area contributed by atoms with Crippen molar-refractivity contribution in [1.82, 2.24) is 0 Å². The molecule has 2 nitrogen and oxygen atoms in total. The lowest BCUT2D eigenvalue weighted by atomic mass is 10.2. The number of hydrogen-bond acceptors (Lipinski definition) is 2. The summed E-state index contributed by atoms with van der Waals surface area (Å²) in [5.41, 5.74) is 6.77. The minimum atomic E-state index is -0.192. The Hall–Kier alpha value is -1.25. The molecule has 1 aliphatic rings. The molecule has 3 heteroatoms. The standard InChI is InChI=1S/C13H19FN2/c1-2-3-8-16(11-5-6-11)13-7-4-10(15)9-12(13)14/h4,7,9,11H,2-3,5-6,8,15H2,1H3. The van der Waals surface area contributed by atoms with Crippen LogP contribution >= 0.6 is 0 Å². The summed E-state index contributed by atoms with van der Waals surface area (Å²) in [5.74, 6) is -0.192. The molecule has 88 valence electrons. The first kappa shape index (κ1) is 11.2. The van der Waals surface area contributed by atoms with Gasteiger partial charge in [-0.25, -0.2) is 4.39 Å². The van der Waals surface area contributed by atoms with Crippen LogP contribution in [0.4, 0.5) is 15.8 Å². The molecule has 1 aromatic rings. The maximum atomic E-state index is 13.8. The summed E-state index contributed by atoms with van der Waals surface area (Å²) in [7, 11) is 0. The van der Waals surface area contributed by atoms with E-state index in [4.69, 9.17) is 5.73 Å². The molecule has 0 spiro atoms. The summed E-state index contributed by atoms with van der Waals surface area (Å²) < 4.78 is 13.8. The fourth-order valence-electron chi connectivity index (χ4n) is 1.97. The molecule has 1 aliphatic carbocycles. The number of anilines is 2. The lowest BCUT2D eigenvalue weighted by molar-refractivity contribution is 0.610. The van der Waals surface area contributed by atoms with E-state index < -0.39 is 0 Å². The van der Waals surface area contributed by atoms with Crippen LogP contribution in [0.25, 0.3) is 0 Å². The highest BCUT2D eigenvalue weighted by Crippen LogP contribution is 2.33. The highest BCUT2D eigenvalue weighted by Gasteiger charge is 2.30. The molecule has 1 saturated carbocycles. The largest absolute Gasteiger partial charge is 0.399 e. The second-order valence-electron chi connectivity index (χ2n) is 4.49. The van der Waals surface area contributed by atoms with Crippen molar-refractivity contribution in [3.63, 3.8) is 0 Å². The van der Waals surface area contributed by atoms with Crippen molar-refractivity contribution in [3.8, 4) is 0 Å². The van der Waals surface area contributed by atoms with Gasteiger partial charge in [-0.1, -0.05) is 13.3 Å². The van der Waals surface area contributed by atoms with Crippen LogP contribution in [-0.2, 0) is 0 Å². The van der Waals surface area contributed by atoms with Crippen LogP contribution in [0.3, 0.4) is 0 Å². The Morgan fingerprint density at radius 2 is 2.19 bits per heavy atom. The van der Waals surface area contributed by atoms with Gasteiger partial charge in [0.05, 0.1) is 5.69 Å². The van der Waals surface area contributed by atoms with Gasteiger partial charge in [0, 0.05) is 18.3 Å². The van der Waals surface area contributed by atoms with Gasteiger partial charge < -0.3 is 10.6 Å². The first-order valence-electron chi connectivity index (χ1n) is 6.04. The summed E-state index contributed by atoms with van der Waals surface area (Å²) in [6.45, 7) is 3.10. The van der Waals surface area contributed by atoms with Crippen LogP contribution < -0.4 is 10.6 Å². The number of rotatable bonds is 5. The Kier molecular flexibility index (Phi) is 3.32. The normalized spacial score (nSPS) is 15.1. The van der Waals surface area contributed by atoms with Gasteiger partial charge in [-0.3, -0.25) is 0 Å². The first-order chi connectivity index (χ1) is 7.72. The summed E-state index contributed by atoms with van der Waals surface area (Å²) in [4.78, 5) is 2.19. The minimum Gasteiger partial charge on any atom is -0.399 e. The summed E-state index contributed by atoms with van der Waals surface area (Å²) in [6.07, 6.45) is 4.63. The van der Waals surface area contributed by atoms with E-state index in [1.165, 1.54) is 18.9 Å². The topological polar surface area (TPSA) is 29.3 Å². The zero-order valence-electron chi connectivity index (χ0n) is 9.75. The summed E-state index contributed by atoms with van der Waals surface area (Å²) >= 11 is 0. The molecule has 0 atom stereocenters. The number of hydrogen-bond donors (Lipinski definition) is 1. The third kappa shape index (κ3) is 2.46. The smallest absolute Gasteiger partial charge is 0.148 e. The Balaban J connectivity index is 2.17. The zero-order valence-corrected chi connectivity index (χ0v) is 9.75. The van der Waals surface area contributed by atoms with E-state index in [0.29, 0.717) is 17.4 Å². The fourth-order valence-corrected chi connectivity index (χ4v) is 1.97. The number of nitrogens with zero attached hydrogens (tertiary/aromatic N) is 1. The molecule has 2 rings (SSSR count). The average Bonchev–Trinajstić information content (AvgIpc) is 3.05. The van der Waals surface area contributed by atoms with Gasteiger partial charge in [0.2, 0.25) is 0 Å². The number of nitrogens with two attached hydrogens (primary N) is 1. The number of halogens is 1.